The van der Waals surface area contributed by atoms with Gasteiger partial charge in [-0.1, -0.05) is 19.8 Å². The Morgan fingerprint density at radius 2 is 2.06 bits per heavy atom. The zero-order chi connectivity index (χ0) is 12.7. The molecule has 0 spiro atoms. The highest BCUT2D eigenvalue weighted by Crippen LogP contribution is 2.21. The summed E-state index contributed by atoms with van der Waals surface area (Å²) in [4.78, 5) is 24.6. The minimum atomic E-state index is -0.666. The van der Waals surface area contributed by atoms with Gasteiger partial charge in [0.2, 0.25) is 0 Å². The molecule has 5 heteroatoms. The summed E-state index contributed by atoms with van der Waals surface area (Å²) in [5.74, 6) is -0.484. The minimum absolute atomic E-state index is 0.114. The lowest BCUT2D eigenvalue weighted by Crippen LogP contribution is -2.46. The van der Waals surface area contributed by atoms with E-state index >= 15 is 0 Å². The first kappa shape index (κ1) is 13.5. The molecule has 1 heterocycles. The highest BCUT2D eigenvalue weighted by atomic mass is 16.2. The lowest BCUT2D eigenvalue weighted by atomic mass is 9.92. The van der Waals surface area contributed by atoms with Crippen molar-refractivity contribution in [3.8, 4) is 6.07 Å². The zero-order valence-electron chi connectivity index (χ0n) is 10.2. The largest absolute Gasteiger partial charge is 0.335 e. The maximum absolute atomic E-state index is 11.7. The van der Waals surface area contributed by atoms with Gasteiger partial charge in [-0.3, -0.25) is 9.59 Å². The summed E-state index contributed by atoms with van der Waals surface area (Å²) in [5.41, 5.74) is 0. The number of likely N-dealkylation sites (tertiary alicyclic amines) is 1. The van der Waals surface area contributed by atoms with Crippen molar-refractivity contribution in [2.75, 3.05) is 19.6 Å². The van der Waals surface area contributed by atoms with E-state index in [1.165, 1.54) is 12.8 Å². The minimum Gasteiger partial charge on any atom is -0.335 e. The number of nitrogens with zero attached hydrogens (tertiary/aromatic N) is 2. The predicted molar refractivity (Wildman–Crippen MR) is 62.8 cm³/mol. The Morgan fingerprint density at radius 3 is 2.59 bits per heavy atom. The first-order valence-corrected chi connectivity index (χ1v) is 6.13. The summed E-state index contributed by atoms with van der Waals surface area (Å²) in [6.07, 6.45) is 4.32. The number of carbonyl (C=O) groups is 2. The third kappa shape index (κ3) is 4.06. The molecule has 2 amide bonds. The van der Waals surface area contributed by atoms with Gasteiger partial charge < -0.3 is 10.2 Å². The van der Waals surface area contributed by atoms with Crippen molar-refractivity contribution in [3.05, 3.63) is 0 Å². The highest BCUT2D eigenvalue weighted by molar-refractivity contribution is 6.35. The summed E-state index contributed by atoms with van der Waals surface area (Å²) in [7, 11) is 0. The van der Waals surface area contributed by atoms with Gasteiger partial charge in [-0.2, -0.15) is 5.26 Å². The molecule has 0 aromatic heterocycles. The smallest absolute Gasteiger partial charge is 0.311 e. The van der Waals surface area contributed by atoms with E-state index in [4.69, 9.17) is 5.26 Å². The van der Waals surface area contributed by atoms with Crippen molar-refractivity contribution < 1.29 is 9.59 Å². The van der Waals surface area contributed by atoms with Crippen LogP contribution in [0.1, 0.15) is 32.6 Å². The summed E-state index contributed by atoms with van der Waals surface area (Å²) >= 11 is 0. The second kappa shape index (κ2) is 6.89. The Morgan fingerprint density at radius 1 is 1.41 bits per heavy atom. The van der Waals surface area contributed by atoms with Gasteiger partial charge in [0.05, 0.1) is 6.07 Å². The van der Waals surface area contributed by atoms with Crippen LogP contribution in [0.15, 0.2) is 0 Å². The van der Waals surface area contributed by atoms with E-state index < -0.39 is 11.8 Å². The molecule has 0 aromatic rings. The summed E-state index contributed by atoms with van der Waals surface area (Å²) in [5, 5.41) is 10.6. The zero-order valence-corrected chi connectivity index (χ0v) is 10.2. The molecule has 1 N–H and O–H groups in total. The van der Waals surface area contributed by atoms with Gasteiger partial charge in [0.1, 0.15) is 6.54 Å². The van der Waals surface area contributed by atoms with E-state index in [0.717, 1.165) is 12.8 Å². The van der Waals surface area contributed by atoms with Crippen molar-refractivity contribution in [2.45, 2.75) is 32.6 Å². The molecule has 0 radical (unpaired) electrons. The third-order valence-electron chi connectivity index (χ3n) is 3.12. The van der Waals surface area contributed by atoms with E-state index in [1.54, 1.807) is 11.0 Å². The number of piperidine rings is 1. The quantitative estimate of drug-likeness (QED) is 0.579. The first-order valence-electron chi connectivity index (χ1n) is 6.13. The fourth-order valence-corrected chi connectivity index (χ4v) is 2.17. The average Bonchev–Trinajstić information content (AvgIpc) is 2.36. The van der Waals surface area contributed by atoms with Crippen LogP contribution in [0.25, 0.3) is 0 Å². The van der Waals surface area contributed by atoms with Crippen molar-refractivity contribution in [1.29, 1.82) is 5.26 Å². The van der Waals surface area contributed by atoms with Gasteiger partial charge in [0, 0.05) is 13.1 Å². The van der Waals surface area contributed by atoms with Gasteiger partial charge >= 0.3 is 11.8 Å². The van der Waals surface area contributed by atoms with Crippen molar-refractivity contribution in [1.82, 2.24) is 10.2 Å². The van der Waals surface area contributed by atoms with Gasteiger partial charge in [-0.15, -0.1) is 0 Å². The maximum Gasteiger partial charge on any atom is 0.311 e. The van der Waals surface area contributed by atoms with Crippen molar-refractivity contribution >= 4 is 11.8 Å². The molecular formula is C12H19N3O2. The molecule has 1 aliphatic rings. The topological polar surface area (TPSA) is 73.2 Å². The van der Waals surface area contributed by atoms with Gasteiger partial charge in [0.15, 0.2) is 0 Å². The average molecular weight is 237 g/mol. The molecule has 0 unspecified atom stereocenters. The molecule has 1 saturated heterocycles. The monoisotopic (exact) mass is 237 g/mol. The Balaban J connectivity index is 2.35. The van der Waals surface area contributed by atoms with Crippen LogP contribution < -0.4 is 5.32 Å². The molecule has 94 valence electrons. The Hall–Kier alpha value is -1.57. The van der Waals surface area contributed by atoms with Crippen LogP contribution >= 0.6 is 0 Å². The van der Waals surface area contributed by atoms with E-state index in [-0.39, 0.29) is 6.54 Å². The lowest BCUT2D eigenvalue weighted by Gasteiger charge is -2.31. The van der Waals surface area contributed by atoms with Crippen LogP contribution in [0.3, 0.4) is 0 Å². The molecule has 17 heavy (non-hydrogen) atoms. The van der Waals surface area contributed by atoms with Crippen LogP contribution in [0.5, 0.6) is 0 Å². The molecule has 0 atom stereocenters. The Kier molecular flexibility index (Phi) is 5.47. The molecular weight excluding hydrogens is 218 g/mol. The SMILES string of the molecule is CCCC1CCN(C(=O)C(=O)NCC#N)CC1. The van der Waals surface area contributed by atoms with E-state index in [1.807, 2.05) is 0 Å². The maximum atomic E-state index is 11.7. The number of hydrogen-bond acceptors (Lipinski definition) is 3. The number of rotatable bonds is 3. The van der Waals surface area contributed by atoms with Gasteiger partial charge in [-0.25, -0.2) is 0 Å². The lowest BCUT2D eigenvalue weighted by molar-refractivity contribution is -0.146. The fraction of sp³-hybridized carbons (Fsp3) is 0.750. The van der Waals surface area contributed by atoms with Gasteiger partial charge in [0.25, 0.3) is 0 Å². The Labute approximate surface area is 102 Å². The molecule has 1 rings (SSSR count). The number of nitrogens with one attached hydrogen (secondary N) is 1. The molecule has 0 bridgehead atoms. The number of nitriles is 1. The van der Waals surface area contributed by atoms with Crippen LogP contribution in [-0.4, -0.2) is 36.3 Å². The first-order chi connectivity index (χ1) is 8.19. The summed E-state index contributed by atoms with van der Waals surface area (Å²) < 4.78 is 0. The molecule has 0 aliphatic carbocycles. The van der Waals surface area contributed by atoms with Crippen molar-refractivity contribution in [3.63, 3.8) is 0 Å². The van der Waals surface area contributed by atoms with Crippen LogP contribution in [0.2, 0.25) is 0 Å². The third-order valence-corrected chi connectivity index (χ3v) is 3.12. The van der Waals surface area contributed by atoms with Crippen LogP contribution in [0.4, 0.5) is 0 Å². The number of amides is 2. The van der Waals surface area contributed by atoms with E-state index in [9.17, 15) is 9.59 Å². The second-order valence-corrected chi connectivity index (χ2v) is 4.37. The summed E-state index contributed by atoms with van der Waals surface area (Å²) in [6.45, 7) is 3.36. The van der Waals surface area contributed by atoms with Crippen molar-refractivity contribution in [2.24, 2.45) is 5.92 Å². The normalized spacial score (nSPS) is 16.4. The molecule has 5 nitrogen and oxygen atoms in total. The fourth-order valence-electron chi connectivity index (χ4n) is 2.17. The molecule has 1 fully saturated rings. The molecule has 0 saturated carbocycles. The highest BCUT2D eigenvalue weighted by Gasteiger charge is 2.26. The molecule has 0 aromatic carbocycles. The van der Waals surface area contributed by atoms with Crippen LogP contribution in [-0.2, 0) is 9.59 Å². The van der Waals surface area contributed by atoms with Gasteiger partial charge in [-0.05, 0) is 18.8 Å². The number of carbonyl (C=O) groups excluding carboxylic acids is 2. The van der Waals surface area contributed by atoms with E-state index in [2.05, 4.69) is 12.2 Å². The Bertz CT molecular complexity index is 314. The second-order valence-electron chi connectivity index (χ2n) is 4.37. The molecule has 1 aliphatic heterocycles. The standard InChI is InChI=1S/C12H19N3O2/c1-2-3-10-4-8-15(9-5-10)12(17)11(16)14-7-6-13/h10H,2-5,7-9H2,1H3,(H,14,16). The van der Waals surface area contributed by atoms with Crippen LogP contribution in [0, 0.1) is 17.2 Å². The number of hydrogen-bond donors (Lipinski definition) is 1. The predicted octanol–water partition coefficient (Wildman–Crippen LogP) is 0.665. The van der Waals surface area contributed by atoms with E-state index in [0.29, 0.717) is 19.0 Å². The summed E-state index contributed by atoms with van der Waals surface area (Å²) in [6, 6.07) is 1.78.